The van der Waals surface area contributed by atoms with Gasteiger partial charge in [0.15, 0.2) is 45.5 Å². The van der Waals surface area contributed by atoms with E-state index in [2.05, 4.69) is 0 Å². The van der Waals surface area contributed by atoms with Crippen LogP contribution >= 0.6 is 0 Å². The second-order valence-corrected chi connectivity index (χ2v) is 35.3. The first kappa shape index (κ1) is 82.3. The van der Waals surface area contributed by atoms with E-state index in [1.54, 1.807) is 84.9 Å². The number of carbonyl (C=O) groups excluding carboxylic acids is 12. The molecule has 0 bridgehead atoms. The van der Waals surface area contributed by atoms with Crippen LogP contribution in [0.2, 0.25) is 18.1 Å². The van der Waals surface area contributed by atoms with Gasteiger partial charge in [0.05, 0.1) is 66.8 Å². The number of methoxy groups -OCH3 is 1. The average molecular weight is 1640 g/mol. The van der Waals surface area contributed by atoms with Crippen molar-refractivity contribution in [1.82, 2.24) is 14.7 Å². The molecule has 6 heterocycles. The van der Waals surface area contributed by atoms with Crippen molar-refractivity contribution in [3.8, 4) is 0 Å². The molecule has 9 aromatic rings. The Hall–Kier alpha value is -12.8. The summed E-state index contributed by atoms with van der Waals surface area (Å²) in [4.78, 5) is 187. The molecule has 29 heteroatoms. The number of fused-ring (bicyclic) bond motifs is 3. The zero-order valence-electron chi connectivity index (χ0n) is 65.6. The Morgan fingerprint density at radius 1 is 0.308 bits per heavy atom. The van der Waals surface area contributed by atoms with Crippen molar-refractivity contribution in [1.29, 1.82) is 0 Å². The SMILES string of the molecule is CO[C@H]1OC(COC(=O)c2ccccc2)[C@@H](OC2OC(COC(=O)c3ccccc3)C(O[C@H]3OC(COC(=O)c4ccccc4)[C@@H](O[Si](C)(C)C(C)(C)C)C(OC(=O)c4ccccc4)[C@@H]3N3C(=O)c4ccccc4C3=O)[C@H](OC(=O)c3ccccc3)[C@H]2N2C(=O)c3ccccc3C2=O)C(OC(=O)c2ccccc2)[C@@H]1N1C(=O)c2ccccc2C1=O. The fourth-order valence-corrected chi connectivity index (χ4v) is 16.5. The lowest BCUT2D eigenvalue weighted by Gasteiger charge is -2.54. The van der Waals surface area contributed by atoms with E-state index in [1.807, 2.05) is 33.9 Å². The predicted octanol–water partition coefficient (Wildman–Crippen LogP) is 11.2. The van der Waals surface area contributed by atoms with Gasteiger partial charge in [0, 0.05) is 7.11 Å². The lowest BCUT2D eigenvalue weighted by molar-refractivity contribution is -0.358. The molecule has 6 aliphatic rings. The second-order valence-electron chi connectivity index (χ2n) is 30.6. The van der Waals surface area contributed by atoms with Crippen LogP contribution in [0.25, 0.3) is 0 Å². The lowest BCUT2D eigenvalue weighted by atomic mass is 9.91. The third-order valence-corrected chi connectivity index (χ3v) is 26.7. The van der Waals surface area contributed by atoms with E-state index in [0.29, 0.717) is 4.90 Å². The molecule has 7 unspecified atom stereocenters. The standard InChI is InChI=1S/C91H81N3O25Si/c1-91(2,3)120(5,6)119-72-66(51-110-84(103)54-35-17-9-18-36-54)113-90(69(75(72)116-87(106)57-41-23-12-24-42-57)94-80(99)62-47-29-30-48-63(62)81(94)100)118-71-65(50-109-83(102)53-33-15-8-16-34-53)112-89(68(74(71)115-86(105)56-39-21-11-22-40-56)93-78(97)60-45-27-28-46-61(60)79(93)98)117-70-64(49-108-82(101)52-31-13-7-14-32-52)111-88(107-4)67(73(70)114-85(104)55-37-19-10-20-38-55)92-76(95)58-43-25-26-44-59(58)77(92)96/h7-48,64-75,88-90H,49-51H2,1-6H3/t64?,65?,66?,67-,68+,69-,70+,71?,72+,73?,74+,75?,88-,89?,90+/m0/s1. The molecule has 0 N–H and O–H groups in total. The number of benzene rings is 9. The van der Waals surface area contributed by atoms with Crippen LogP contribution < -0.4 is 0 Å². The largest absolute Gasteiger partial charge is 0.459 e. The number of esters is 6. The molecular weight excluding hydrogens is 1560 g/mol. The normalized spacial score (nSPS) is 24.6. The number of amides is 6. The minimum absolute atomic E-state index is 0.0261. The summed E-state index contributed by atoms with van der Waals surface area (Å²) >= 11 is 0. The number of imide groups is 3. The Morgan fingerprint density at radius 2 is 0.525 bits per heavy atom. The van der Waals surface area contributed by atoms with Crippen molar-refractivity contribution < 1.29 is 119 Å². The molecule has 9 aromatic carbocycles. The molecule has 120 heavy (non-hydrogen) atoms. The average Bonchev–Trinajstić information content (AvgIpc) is 1.62. The van der Waals surface area contributed by atoms with Crippen molar-refractivity contribution in [2.45, 2.75) is 131 Å². The van der Waals surface area contributed by atoms with Crippen LogP contribution in [0.1, 0.15) is 145 Å². The third kappa shape index (κ3) is 16.5. The third-order valence-electron chi connectivity index (χ3n) is 22.2. The number of ether oxygens (including phenoxy) is 12. The molecule has 6 amide bonds. The predicted molar refractivity (Wildman–Crippen MR) is 424 cm³/mol. The zero-order valence-corrected chi connectivity index (χ0v) is 66.6. The highest BCUT2D eigenvalue weighted by atomic mass is 28.4. The Kier molecular flexibility index (Phi) is 24.0. The summed E-state index contributed by atoms with van der Waals surface area (Å²) in [5, 5.41) is -0.691. The minimum Gasteiger partial charge on any atom is -0.459 e. The maximum atomic E-state index is 16.1. The molecule has 3 fully saturated rings. The van der Waals surface area contributed by atoms with Gasteiger partial charge in [-0.1, -0.05) is 166 Å². The molecule has 15 atom stereocenters. The Balaban J connectivity index is 0.958. The van der Waals surface area contributed by atoms with E-state index >= 15 is 43.2 Å². The van der Waals surface area contributed by atoms with Gasteiger partial charge in [-0.3, -0.25) is 43.5 Å². The van der Waals surface area contributed by atoms with Gasteiger partial charge < -0.3 is 61.3 Å². The number of carbonyl (C=O) groups is 12. The van der Waals surface area contributed by atoms with Crippen molar-refractivity contribution in [2.75, 3.05) is 26.9 Å². The van der Waals surface area contributed by atoms with Crippen LogP contribution in [-0.2, 0) is 61.3 Å². The fourth-order valence-electron chi connectivity index (χ4n) is 15.2. The monoisotopic (exact) mass is 1640 g/mol. The number of hydrogen-bond acceptors (Lipinski definition) is 25. The van der Waals surface area contributed by atoms with Crippen LogP contribution in [0.3, 0.4) is 0 Å². The van der Waals surface area contributed by atoms with Crippen molar-refractivity contribution in [3.05, 3.63) is 322 Å². The van der Waals surface area contributed by atoms with Crippen LogP contribution in [0.4, 0.5) is 0 Å². The van der Waals surface area contributed by atoms with E-state index in [1.165, 1.54) is 177 Å². The number of rotatable bonds is 25. The minimum atomic E-state index is -3.33. The van der Waals surface area contributed by atoms with E-state index < -0.39 is 196 Å². The molecule has 614 valence electrons. The van der Waals surface area contributed by atoms with E-state index in [9.17, 15) is 14.4 Å². The van der Waals surface area contributed by atoms with Crippen LogP contribution in [0.15, 0.2) is 255 Å². The Morgan fingerprint density at radius 3 is 0.775 bits per heavy atom. The van der Waals surface area contributed by atoms with Crippen molar-refractivity contribution >= 4 is 79.6 Å². The highest BCUT2D eigenvalue weighted by Crippen LogP contribution is 2.46. The quantitative estimate of drug-likeness (QED) is 0.0222. The van der Waals surface area contributed by atoms with Gasteiger partial charge in [0.25, 0.3) is 35.4 Å². The molecule has 6 aliphatic heterocycles. The number of nitrogens with zero attached hydrogens (tertiary/aromatic N) is 3. The lowest BCUT2D eigenvalue weighted by Crippen LogP contribution is -2.73. The molecular formula is C91H81N3O25Si. The maximum Gasteiger partial charge on any atom is 0.338 e. The van der Waals surface area contributed by atoms with Gasteiger partial charge in [-0.2, -0.15) is 0 Å². The molecule has 0 radical (unpaired) electrons. The summed E-state index contributed by atoms with van der Waals surface area (Å²) in [6, 6.07) is 56.7. The first-order chi connectivity index (χ1) is 57.9. The first-order valence-corrected chi connectivity index (χ1v) is 41.6. The molecule has 0 aromatic heterocycles. The van der Waals surface area contributed by atoms with Gasteiger partial charge in [0.2, 0.25) is 0 Å². The van der Waals surface area contributed by atoms with E-state index in [-0.39, 0.29) is 66.8 Å². The molecule has 0 aliphatic carbocycles. The highest BCUT2D eigenvalue weighted by molar-refractivity contribution is 6.74. The molecule has 0 saturated carbocycles. The first-order valence-electron chi connectivity index (χ1n) is 38.7. The topological polar surface area (TPSA) is 335 Å². The van der Waals surface area contributed by atoms with Gasteiger partial charge >= 0.3 is 35.8 Å². The summed E-state index contributed by atoms with van der Waals surface area (Å²) in [5.41, 5.74) is -1.06. The molecule has 15 rings (SSSR count). The van der Waals surface area contributed by atoms with Crippen LogP contribution in [-0.4, -0.2) is 213 Å². The summed E-state index contributed by atoms with van der Waals surface area (Å²) < 4.78 is 88.6. The smallest absolute Gasteiger partial charge is 0.338 e. The molecule has 28 nitrogen and oxygen atoms in total. The van der Waals surface area contributed by atoms with Gasteiger partial charge in [-0.15, -0.1) is 0 Å². The van der Waals surface area contributed by atoms with Crippen LogP contribution in [0, 0.1) is 0 Å². The van der Waals surface area contributed by atoms with Gasteiger partial charge in [-0.25, -0.2) is 28.8 Å². The summed E-state index contributed by atoms with van der Waals surface area (Å²) in [5.74, 6) is -12.2. The van der Waals surface area contributed by atoms with Crippen LogP contribution in [0.5, 0.6) is 0 Å². The number of hydrogen-bond donors (Lipinski definition) is 0. The molecule has 3 saturated heterocycles. The van der Waals surface area contributed by atoms with Crippen molar-refractivity contribution in [2.24, 2.45) is 0 Å². The Bertz CT molecular complexity index is 5290. The second kappa shape index (κ2) is 35.0. The maximum absolute atomic E-state index is 16.1. The summed E-state index contributed by atoms with van der Waals surface area (Å²) in [7, 11) is -2.16. The van der Waals surface area contributed by atoms with E-state index in [4.69, 9.17) is 61.3 Å². The Labute approximate surface area is 689 Å². The molecule has 0 spiro atoms. The van der Waals surface area contributed by atoms with Gasteiger partial charge in [0.1, 0.15) is 74.6 Å². The van der Waals surface area contributed by atoms with Crippen molar-refractivity contribution in [3.63, 3.8) is 0 Å². The summed E-state index contributed by atoms with van der Waals surface area (Å²) in [6.45, 7) is 6.82. The fraction of sp³-hybridized carbons (Fsp3) is 0.275. The summed E-state index contributed by atoms with van der Waals surface area (Å²) in [6.07, 6.45) is -24.6. The van der Waals surface area contributed by atoms with E-state index in [0.717, 1.165) is 9.80 Å². The highest BCUT2D eigenvalue weighted by Gasteiger charge is 2.65. The van der Waals surface area contributed by atoms with Gasteiger partial charge in [-0.05, 0) is 127 Å². The zero-order chi connectivity index (χ0) is 84.3.